The van der Waals surface area contributed by atoms with Crippen molar-refractivity contribution >= 4 is 23.1 Å². The van der Waals surface area contributed by atoms with Crippen LogP contribution in [0.1, 0.15) is 42.2 Å². The molecule has 0 atom stereocenters. The monoisotopic (exact) mass is 381 g/mol. The molecule has 0 aliphatic heterocycles. The number of allylic oxidation sites excluding steroid dienone is 2. The molecular weight excluding hydrogens is 362 g/mol. The normalized spacial score (nSPS) is 13.3. The van der Waals surface area contributed by atoms with Gasteiger partial charge >= 0.3 is 5.97 Å². The number of nitrogens with one attached hydrogen (secondary N) is 1. The topological polar surface area (TPSA) is 102 Å². The molecule has 0 heterocycles. The predicted molar refractivity (Wildman–Crippen MR) is 102 cm³/mol. The molecule has 1 aliphatic rings. The number of aryl methyl sites for hydroxylation is 1. The fraction of sp³-hybridized carbons (Fsp3) is 0.190. The third-order valence-corrected chi connectivity index (χ3v) is 4.62. The van der Waals surface area contributed by atoms with E-state index in [0.717, 1.165) is 0 Å². The molecule has 0 amide bonds. The van der Waals surface area contributed by atoms with Crippen molar-refractivity contribution in [2.24, 2.45) is 0 Å². The van der Waals surface area contributed by atoms with Crippen molar-refractivity contribution in [3.63, 3.8) is 0 Å². The Bertz CT molecular complexity index is 1050. The number of carbonyl (C=O) groups is 3. The highest BCUT2D eigenvalue weighted by molar-refractivity contribution is 6.41. The molecule has 0 bridgehead atoms. The summed E-state index contributed by atoms with van der Waals surface area (Å²) in [5.41, 5.74) is 0.850. The number of methoxy groups -OCH3 is 2. The molecule has 2 N–H and O–H groups in total. The van der Waals surface area contributed by atoms with Crippen molar-refractivity contribution in [3.8, 4) is 11.5 Å². The minimum absolute atomic E-state index is 0.00773. The van der Waals surface area contributed by atoms with Crippen LogP contribution in [0.15, 0.2) is 36.0 Å². The van der Waals surface area contributed by atoms with E-state index in [1.807, 2.05) is 0 Å². The van der Waals surface area contributed by atoms with E-state index < -0.39 is 17.5 Å². The van der Waals surface area contributed by atoms with E-state index >= 15 is 0 Å². The molecule has 144 valence electrons. The lowest BCUT2D eigenvalue weighted by Gasteiger charge is -2.24. The summed E-state index contributed by atoms with van der Waals surface area (Å²) in [6, 6.07) is 7.79. The second kappa shape index (κ2) is 7.19. The van der Waals surface area contributed by atoms with E-state index in [-0.39, 0.29) is 45.0 Å². The fourth-order valence-electron chi connectivity index (χ4n) is 3.43. The maximum Gasteiger partial charge on any atom is 0.336 e. The third-order valence-electron chi connectivity index (χ3n) is 4.62. The summed E-state index contributed by atoms with van der Waals surface area (Å²) in [4.78, 5) is 38.4. The zero-order valence-corrected chi connectivity index (χ0v) is 15.9. The van der Waals surface area contributed by atoms with Crippen LogP contribution in [0.3, 0.4) is 0 Å². The number of ketones is 2. The summed E-state index contributed by atoms with van der Waals surface area (Å²) < 4.78 is 10.6. The molecule has 7 heteroatoms. The maximum atomic E-state index is 13.4. The van der Waals surface area contributed by atoms with Crippen LogP contribution in [-0.4, -0.2) is 43.9 Å². The van der Waals surface area contributed by atoms with Crippen molar-refractivity contribution in [2.45, 2.75) is 6.92 Å². The van der Waals surface area contributed by atoms with Gasteiger partial charge in [-0.15, -0.1) is 0 Å². The second-order valence-corrected chi connectivity index (χ2v) is 6.24. The molecule has 7 nitrogen and oxygen atoms in total. The van der Waals surface area contributed by atoms with E-state index in [1.165, 1.54) is 33.4 Å². The molecule has 0 unspecified atom stereocenters. The predicted octanol–water partition coefficient (Wildman–Crippen LogP) is 2.72. The van der Waals surface area contributed by atoms with Crippen molar-refractivity contribution in [1.82, 2.24) is 5.32 Å². The van der Waals surface area contributed by atoms with E-state index in [9.17, 15) is 19.5 Å². The standard InChI is InChI=1S/C21H19NO6/c1-10-8-12(21(25)26)15(14(9-10)28-4)17-18(22-2)20(24)16-11(19(17)23)6-5-7-13(16)27-3/h5-9,22H,1-4H3,(H,25,26). The number of ether oxygens (including phenoxy) is 2. The number of carbonyl (C=O) groups excluding carboxylic acids is 2. The van der Waals surface area contributed by atoms with Gasteiger partial charge in [0.15, 0.2) is 5.78 Å². The number of Topliss-reactive ketones (excluding diaryl/α,β-unsaturated/α-hetero) is 2. The van der Waals surface area contributed by atoms with Crippen LogP contribution >= 0.6 is 0 Å². The Balaban J connectivity index is 2.41. The zero-order valence-electron chi connectivity index (χ0n) is 15.9. The molecular formula is C21H19NO6. The van der Waals surface area contributed by atoms with Gasteiger partial charge in [0.1, 0.15) is 11.5 Å². The van der Waals surface area contributed by atoms with E-state index in [2.05, 4.69) is 5.32 Å². The number of hydrogen-bond donors (Lipinski definition) is 2. The Morgan fingerprint density at radius 3 is 2.25 bits per heavy atom. The van der Waals surface area contributed by atoms with Gasteiger partial charge in [-0.3, -0.25) is 9.59 Å². The van der Waals surface area contributed by atoms with E-state index in [0.29, 0.717) is 5.56 Å². The third kappa shape index (κ3) is 2.81. The molecule has 0 fully saturated rings. The Morgan fingerprint density at radius 2 is 1.68 bits per heavy atom. The lowest BCUT2D eigenvalue weighted by Crippen LogP contribution is -2.29. The first kappa shape index (κ1) is 19.2. The largest absolute Gasteiger partial charge is 0.496 e. The highest BCUT2D eigenvalue weighted by atomic mass is 16.5. The molecule has 28 heavy (non-hydrogen) atoms. The second-order valence-electron chi connectivity index (χ2n) is 6.24. The number of aromatic carboxylic acids is 1. The zero-order chi connectivity index (χ0) is 20.6. The minimum Gasteiger partial charge on any atom is -0.496 e. The summed E-state index contributed by atoms with van der Waals surface area (Å²) in [6.07, 6.45) is 0. The molecule has 0 radical (unpaired) electrons. The van der Waals surface area contributed by atoms with Crippen molar-refractivity contribution < 1.29 is 29.0 Å². The van der Waals surface area contributed by atoms with Crippen molar-refractivity contribution in [1.29, 1.82) is 0 Å². The molecule has 2 aromatic carbocycles. The minimum atomic E-state index is -1.23. The first-order chi connectivity index (χ1) is 13.3. The highest BCUT2D eigenvalue weighted by Gasteiger charge is 2.37. The van der Waals surface area contributed by atoms with Gasteiger partial charge in [0.25, 0.3) is 0 Å². The van der Waals surface area contributed by atoms with Crippen LogP contribution < -0.4 is 14.8 Å². The number of carboxylic acids is 1. The Hall–Kier alpha value is -3.61. The summed E-state index contributed by atoms with van der Waals surface area (Å²) in [7, 11) is 4.30. The number of rotatable bonds is 5. The Labute approximate surface area is 161 Å². The summed E-state index contributed by atoms with van der Waals surface area (Å²) in [5, 5.41) is 12.5. The van der Waals surface area contributed by atoms with Crippen LogP contribution in [0.5, 0.6) is 11.5 Å². The summed E-state index contributed by atoms with van der Waals surface area (Å²) in [6.45, 7) is 1.72. The van der Waals surface area contributed by atoms with Gasteiger partial charge in [-0.1, -0.05) is 12.1 Å². The number of fused-ring (bicyclic) bond motifs is 1. The van der Waals surface area contributed by atoms with Crippen molar-refractivity contribution in [2.75, 3.05) is 21.3 Å². The molecule has 0 saturated carbocycles. The molecule has 0 saturated heterocycles. The van der Waals surface area contributed by atoms with Gasteiger partial charge in [-0.2, -0.15) is 0 Å². The SMILES string of the molecule is CNC1=C(c2c(OC)cc(C)cc2C(=O)O)C(=O)c2cccc(OC)c2C1=O. The average molecular weight is 381 g/mol. The lowest BCUT2D eigenvalue weighted by molar-refractivity contribution is 0.0695. The quantitative estimate of drug-likeness (QED) is 0.821. The van der Waals surface area contributed by atoms with Gasteiger partial charge in [0.2, 0.25) is 5.78 Å². The number of hydrogen-bond acceptors (Lipinski definition) is 6. The van der Waals surface area contributed by atoms with Crippen molar-refractivity contribution in [3.05, 3.63) is 63.8 Å². The van der Waals surface area contributed by atoms with Gasteiger partial charge in [-0.25, -0.2) is 4.79 Å². The van der Waals surface area contributed by atoms with E-state index in [1.54, 1.807) is 25.1 Å². The first-order valence-electron chi connectivity index (χ1n) is 8.46. The average Bonchev–Trinajstić information content (AvgIpc) is 2.69. The Kier molecular flexibility index (Phi) is 4.92. The fourth-order valence-corrected chi connectivity index (χ4v) is 3.43. The smallest absolute Gasteiger partial charge is 0.336 e. The first-order valence-corrected chi connectivity index (χ1v) is 8.46. The molecule has 3 rings (SSSR count). The maximum absolute atomic E-state index is 13.4. The molecule has 1 aliphatic carbocycles. The number of benzene rings is 2. The van der Waals surface area contributed by atoms with Crippen LogP contribution in [0.25, 0.3) is 5.57 Å². The lowest BCUT2D eigenvalue weighted by atomic mass is 9.81. The summed E-state index contributed by atoms with van der Waals surface area (Å²) >= 11 is 0. The van der Waals surface area contributed by atoms with Gasteiger partial charge in [0, 0.05) is 18.2 Å². The van der Waals surface area contributed by atoms with Gasteiger partial charge in [-0.05, 0) is 30.7 Å². The van der Waals surface area contributed by atoms with Gasteiger partial charge < -0.3 is 19.9 Å². The number of carboxylic acid groups (broad SMARTS) is 1. The van der Waals surface area contributed by atoms with Gasteiger partial charge in [0.05, 0.1) is 36.6 Å². The number of likely N-dealkylation sites (N-methyl/N-ethyl adjacent to an activating group) is 1. The summed E-state index contributed by atoms with van der Waals surface area (Å²) in [5.74, 6) is -1.69. The van der Waals surface area contributed by atoms with Crippen LogP contribution in [-0.2, 0) is 0 Å². The van der Waals surface area contributed by atoms with E-state index in [4.69, 9.17) is 9.47 Å². The van der Waals surface area contributed by atoms with Crippen LogP contribution in [0.4, 0.5) is 0 Å². The molecule has 0 spiro atoms. The van der Waals surface area contributed by atoms with Crippen LogP contribution in [0, 0.1) is 6.92 Å². The Morgan fingerprint density at radius 1 is 1.00 bits per heavy atom. The van der Waals surface area contributed by atoms with Crippen LogP contribution in [0.2, 0.25) is 0 Å². The highest BCUT2D eigenvalue weighted by Crippen LogP contribution is 2.40. The molecule has 2 aromatic rings. The molecule has 0 aromatic heterocycles.